The summed E-state index contributed by atoms with van der Waals surface area (Å²) in [7, 11) is 0. The zero-order valence-corrected chi connectivity index (χ0v) is 9.72. The molecule has 0 fully saturated rings. The monoisotopic (exact) mass is 258 g/mol. The van der Waals surface area contributed by atoms with E-state index in [9.17, 15) is 20.4 Å². The second-order valence-electron chi connectivity index (χ2n) is 4.08. The van der Waals surface area contributed by atoms with Gasteiger partial charge in [0.2, 0.25) is 0 Å². The lowest BCUT2D eigenvalue weighted by atomic mass is 9.81. The highest BCUT2D eigenvalue weighted by Crippen LogP contribution is 2.30. The first-order chi connectivity index (χ1) is 8.48. The Labute approximate surface area is 104 Å². The average Bonchev–Trinajstić information content (AvgIpc) is 2.44. The second-order valence-corrected chi connectivity index (χ2v) is 4.08. The van der Waals surface area contributed by atoms with Gasteiger partial charge in [-0.1, -0.05) is 30.3 Å². The van der Waals surface area contributed by atoms with Gasteiger partial charge in [0.25, 0.3) is 0 Å². The number of benzene rings is 1. The van der Waals surface area contributed by atoms with Gasteiger partial charge in [-0.2, -0.15) is 0 Å². The Morgan fingerprint density at radius 3 is 1.94 bits per heavy atom. The fourth-order valence-corrected chi connectivity index (χ4v) is 1.80. The third-order valence-corrected chi connectivity index (χ3v) is 2.92. The molecule has 18 heavy (non-hydrogen) atoms. The van der Waals surface area contributed by atoms with Gasteiger partial charge >= 0.3 is 0 Å². The first-order valence-corrected chi connectivity index (χ1v) is 5.52. The van der Waals surface area contributed by atoms with E-state index in [2.05, 4.69) is 0 Å². The van der Waals surface area contributed by atoms with Gasteiger partial charge < -0.3 is 30.6 Å². The lowest BCUT2D eigenvalue weighted by Gasteiger charge is -2.38. The van der Waals surface area contributed by atoms with Gasteiger partial charge in [-0.3, -0.25) is 0 Å². The van der Waals surface area contributed by atoms with E-state index in [1.54, 1.807) is 18.2 Å². The zero-order chi connectivity index (χ0) is 13.8. The molecule has 0 spiro atoms. The van der Waals surface area contributed by atoms with Crippen LogP contribution in [0.4, 0.5) is 0 Å². The van der Waals surface area contributed by atoms with Gasteiger partial charge in [-0.25, -0.2) is 0 Å². The molecule has 0 unspecified atom stereocenters. The molecule has 0 saturated heterocycles. The molecule has 0 radical (unpaired) electrons. The number of rotatable bonds is 6. The minimum Gasteiger partial charge on any atom is -0.394 e. The lowest BCUT2D eigenvalue weighted by molar-refractivity contribution is -0.196. The van der Waals surface area contributed by atoms with E-state index in [1.165, 1.54) is 12.1 Å². The number of aliphatic hydroxyl groups is 6. The Balaban J connectivity index is 3.19. The van der Waals surface area contributed by atoms with Crippen molar-refractivity contribution < 1.29 is 30.6 Å². The van der Waals surface area contributed by atoms with Crippen LogP contribution in [-0.4, -0.2) is 62.2 Å². The summed E-state index contributed by atoms with van der Waals surface area (Å²) in [6, 6.07) is 7.69. The molecule has 6 nitrogen and oxygen atoms in total. The molecule has 4 atom stereocenters. The van der Waals surface area contributed by atoms with Gasteiger partial charge in [-0.15, -0.1) is 0 Å². The van der Waals surface area contributed by atoms with Crippen molar-refractivity contribution in [3.05, 3.63) is 35.9 Å². The van der Waals surface area contributed by atoms with Crippen LogP contribution in [0.3, 0.4) is 0 Å². The maximum Gasteiger partial charge on any atom is 0.146 e. The molecular weight excluding hydrogens is 240 g/mol. The number of hydrogen-bond acceptors (Lipinski definition) is 6. The SMILES string of the molecule is OC[C@@H](O)[C@@H](O)[C@@](O)(c1ccccc1)[C@@H](O)CO. The highest BCUT2D eigenvalue weighted by atomic mass is 16.4. The average molecular weight is 258 g/mol. The highest BCUT2D eigenvalue weighted by molar-refractivity contribution is 5.26. The van der Waals surface area contributed by atoms with Crippen molar-refractivity contribution in [1.82, 2.24) is 0 Å². The quantitative estimate of drug-likeness (QED) is 0.349. The Morgan fingerprint density at radius 1 is 0.944 bits per heavy atom. The van der Waals surface area contributed by atoms with Gasteiger partial charge in [0.05, 0.1) is 13.2 Å². The van der Waals surface area contributed by atoms with Crippen LogP contribution in [0, 0.1) is 0 Å². The third kappa shape index (κ3) is 2.69. The molecule has 0 heterocycles. The van der Waals surface area contributed by atoms with Crippen LogP contribution < -0.4 is 0 Å². The zero-order valence-electron chi connectivity index (χ0n) is 9.72. The topological polar surface area (TPSA) is 121 Å². The molecule has 6 heteroatoms. The van der Waals surface area contributed by atoms with Crippen LogP contribution in [0.2, 0.25) is 0 Å². The summed E-state index contributed by atoms with van der Waals surface area (Å²) in [5, 5.41) is 57.1. The van der Waals surface area contributed by atoms with Crippen molar-refractivity contribution >= 4 is 0 Å². The maximum absolute atomic E-state index is 10.4. The smallest absolute Gasteiger partial charge is 0.146 e. The largest absolute Gasteiger partial charge is 0.394 e. The van der Waals surface area contributed by atoms with Crippen LogP contribution >= 0.6 is 0 Å². The van der Waals surface area contributed by atoms with Crippen molar-refractivity contribution in [3.63, 3.8) is 0 Å². The predicted octanol–water partition coefficient (Wildman–Crippen LogP) is -2.06. The van der Waals surface area contributed by atoms with Crippen LogP contribution in [0.25, 0.3) is 0 Å². The summed E-state index contributed by atoms with van der Waals surface area (Å²) in [4.78, 5) is 0. The molecule has 0 aliphatic carbocycles. The molecule has 1 aromatic rings. The van der Waals surface area contributed by atoms with Crippen LogP contribution in [0.5, 0.6) is 0 Å². The normalized spacial score (nSPS) is 19.9. The Hall–Kier alpha value is -1.02. The summed E-state index contributed by atoms with van der Waals surface area (Å²) in [5.74, 6) is 0. The van der Waals surface area contributed by atoms with Gasteiger partial charge in [0.1, 0.15) is 23.9 Å². The molecule has 0 amide bonds. The van der Waals surface area contributed by atoms with E-state index < -0.39 is 37.1 Å². The summed E-state index contributed by atoms with van der Waals surface area (Å²) >= 11 is 0. The third-order valence-electron chi connectivity index (χ3n) is 2.92. The number of hydrogen-bond donors (Lipinski definition) is 6. The summed E-state index contributed by atoms with van der Waals surface area (Å²) in [6.45, 7) is -1.59. The fraction of sp³-hybridized carbons (Fsp3) is 0.500. The minimum atomic E-state index is -2.27. The van der Waals surface area contributed by atoms with Crippen molar-refractivity contribution in [2.24, 2.45) is 0 Å². The molecule has 1 rings (SSSR count). The number of aliphatic hydroxyl groups excluding tert-OH is 5. The molecule has 0 bridgehead atoms. The van der Waals surface area contributed by atoms with Crippen LogP contribution in [0.15, 0.2) is 30.3 Å². The summed E-state index contributed by atoms with van der Waals surface area (Å²) in [6.07, 6.45) is -5.18. The van der Waals surface area contributed by atoms with E-state index in [0.29, 0.717) is 0 Å². The van der Waals surface area contributed by atoms with Gasteiger partial charge in [0.15, 0.2) is 0 Å². The van der Waals surface area contributed by atoms with Gasteiger partial charge in [-0.05, 0) is 5.56 Å². The van der Waals surface area contributed by atoms with Crippen molar-refractivity contribution in [3.8, 4) is 0 Å². The standard InChI is InChI=1S/C12H18O6/c13-6-9(15)11(17)12(18,10(16)7-14)8-4-2-1-3-5-8/h1-5,9-11,13-18H,6-7H2/t9-,10+,11-,12-/m1/s1. The van der Waals surface area contributed by atoms with E-state index in [4.69, 9.17) is 10.2 Å². The summed E-state index contributed by atoms with van der Waals surface area (Å²) in [5.41, 5.74) is -2.13. The fourth-order valence-electron chi connectivity index (χ4n) is 1.80. The van der Waals surface area contributed by atoms with Crippen molar-refractivity contribution in [2.45, 2.75) is 23.9 Å². The Morgan fingerprint density at radius 2 is 1.50 bits per heavy atom. The lowest BCUT2D eigenvalue weighted by Crippen LogP contribution is -2.56. The van der Waals surface area contributed by atoms with E-state index >= 15 is 0 Å². The molecule has 102 valence electrons. The van der Waals surface area contributed by atoms with E-state index in [-0.39, 0.29) is 5.56 Å². The molecule has 6 N–H and O–H groups in total. The van der Waals surface area contributed by atoms with E-state index in [1.807, 2.05) is 0 Å². The first kappa shape index (κ1) is 15.0. The Bertz CT molecular complexity index is 357. The maximum atomic E-state index is 10.4. The first-order valence-electron chi connectivity index (χ1n) is 5.52. The van der Waals surface area contributed by atoms with Crippen molar-refractivity contribution in [1.29, 1.82) is 0 Å². The van der Waals surface area contributed by atoms with Gasteiger partial charge in [0, 0.05) is 0 Å². The molecule has 0 aliphatic heterocycles. The van der Waals surface area contributed by atoms with Crippen LogP contribution in [0.1, 0.15) is 5.56 Å². The minimum absolute atomic E-state index is 0.131. The molecule has 0 aromatic heterocycles. The molecule has 1 aromatic carbocycles. The summed E-state index contributed by atoms with van der Waals surface area (Å²) < 4.78 is 0. The molecule has 0 saturated carbocycles. The predicted molar refractivity (Wildman–Crippen MR) is 62.5 cm³/mol. The van der Waals surface area contributed by atoms with Crippen LogP contribution in [-0.2, 0) is 5.60 Å². The second kappa shape index (κ2) is 6.24. The molecular formula is C12H18O6. The Kier molecular flexibility index (Phi) is 5.21. The van der Waals surface area contributed by atoms with E-state index in [0.717, 1.165) is 0 Å². The highest BCUT2D eigenvalue weighted by Gasteiger charge is 2.47. The van der Waals surface area contributed by atoms with Crippen molar-refractivity contribution in [2.75, 3.05) is 13.2 Å². The molecule has 0 aliphatic rings.